The van der Waals surface area contributed by atoms with Crippen LogP contribution in [0.3, 0.4) is 0 Å². The van der Waals surface area contributed by atoms with E-state index in [1.165, 1.54) is 0 Å². The molecule has 0 aliphatic heterocycles. The number of amides is 1. The van der Waals surface area contributed by atoms with Crippen LogP contribution in [0, 0.1) is 0 Å². The van der Waals surface area contributed by atoms with Gasteiger partial charge in [-0.2, -0.15) is 0 Å². The first-order valence-electron chi connectivity index (χ1n) is 5.43. The first-order chi connectivity index (χ1) is 8.04. The average Bonchev–Trinajstić information content (AvgIpc) is 2.29. The molecule has 0 aliphatic carbocycles. The van der Waals surface area contributed by atoms with Crippen molar-refractivity contribution in [1.29, 1.82) is 0 Å². The van der Waals surface area contributed by atoms with Gasteiger partial charge in [0.25, 0.3) is 0 Å². The van der Waals surface area contributed by atoms with Gasteiger partial charge in [0.15, 0.2) is 0 Å². The lowest BCUT2D eigenvalue weighted by molar-refractivity contribution is -0.129. The molecule has 1 aromatic carbocycles. The number of hydrogen-bond donors (Lipinski definition) is 1. The Balaban J connectivity index is 2.61. The summed E-state index contributed by atoms with van der Waals surface area (Å²) >= 11 is 11.9. The maximum absolute atomic E-state index is 11.7. The number of hydrogen-bond acceptors (Lipinski definition) is 2. The summed E-state index contributed by atoms with van der Waals surface area (Å²) in [6.07, 6.45) is 0. The topological polar surface area (TPSA) is 32.3 Å². The number of nitrogens with one attached hydrogen (secondary N) is 1. The maximum atomic E-state index is 11.7. The van der Waals surface area contributed by atoms with Crippen molar-refractivity contribution in [3.8, 4) is 0 Å². The van der Waals surface area contributed by atoms with Gasteiger partial charge >= 0.3 is 0 Å². The van der Waals surface area contributed by atoms with Gasteiger partial charge in [0.2, 0.25) is 5.91 Å². The summed E-state index contributed by atoms with van der Waals surface area (Å²) in [6.45, 7) is 3.57. The molecule has 1 aromatic rings. The Morgan fingerprint density at radius 2 is 2.12 bits per heavy atom. The van der Waals surface area contributed by atoms with E-state index in [0.29, 0.717) is 23.1 Å². The number of likely N-dealkylation sites (N-methyl/N-ethyl adjacent to an activating group) is 2. The Labute approximate surface area is 112 Å². The summed E-state index contributed by atoms with van der Waals surface area (Å²) in [5.41, 5.74) is 0.892. The van der Waals surface area contributed by atoms with Crippen molar-refractivity contribution >= 4 is 29.1 Å². The van der Waals surface area contributed by atoms with Crippen molar-refractivity contribution < 1.29 is 4.79 Å². The molecule has 0 unspecified atom stereocenters. The monoisotopic (exact) mass is 274 g/mol. The molecule has 0 saturated heterocycles. The minimum absolute atomic E-state index is 0.0397. The van der Waals surface area contributed by atoms with Gasteiger partial charge in [-0.25, -0.2) is 0 Å². The zero-order chi connectivity index (χ0) is 12.8. The summed E-state index contributed by atoms with van der Waals surface area (Å²) in [5, 5.41) is 4.17. The van der Waals surface area contributed by atoms with Crippen LogP contribution in [-0.4, -0.2) is 30.9 Å². The molecule has 1 rings (SSSR count). The smallest absolute Gasteiger partial charge is 0.236 e. The van der Waals surface area contributed by atoms with Gasteiger partial charge in [-0.15, -0.1) is 0 Å². The minimum Gasteiger partial charge on any atom is -0.340 e. The Bertz CT molecular complexity index is 396. The second kappa shape index (κ2) is 6.84. The fourth-order valence-electron chi connectivity index (χ4n) is 1.36. The van der Waals surface area contributed by atoms with Crippen molar-refractivity contribution in [2.45, 2.75) is 13.5 Å². The van der Waals surface area contributed by atoms with Gasteiger partial charge in [-0.1, -0.05) is 36.2 Å². The first kappa shape index (κ1) is 14.3. The highest BCUT2D eigenvalue weighted by Crippen LogP contribution is 2.21. The fourth-order valence-corrected chi connectivity index (χ4v) is 1.83. The van der Waals surface area contributed by atoms with Crippen molar-refractivity contribution in [2.24, 2.45) is 0 Å². The Morgan fingerprint density at radius 3 is 2.71 bits per heavy atom. The summed E-state index contributed by atoms with van der Waals surface area (Å²) < 4.78 is 0. The standard InChI is InChI=1S/C12H16Cl2N2O/c1-3-15-7-12(17)16(2)8-9-4-5-10(13)6-11(9)14/h4-6,15H,3,7-8H2,1-2H3. The summed E-state index contributed by atoms with van der Waals surface area (Å²) in [7, 11) is 1.75. The molecular weight excluding hydrogens is 259 g/mol. The molecule has 17 heavy (non-hydrogen) atoms. The van der Waals surface area contributed by atoms with E-state index >= 15 is 0 Å². The Morgan fingerprint density at radius 1 is 1.41 bits per heavy atom. The zero-order valence-electron chi connectivity index (χ0n) is 9.96. The van der Waals surface area contributed by atoms with E-state index in [1.54, 1.807) is 24.1 Å². The normalized spacial score (nSPS) is 10.4. The highest BCUT2D eigenvalue weighted by molar-refractivity contribution is 6.35. The molecule has 0 aliphatic rings. The van der Waals surface area contributed by atoms with Gasteiger partial charge in [-0.3, -0.25) is 4.79 Å². The van der Waals surface area contributed by atoms with Gasteiger partial charge < -0.3 is 10.2 Å². The van der Waals surface area contributed by atoms with Crippen molar-refractivity contribution in [1.82, 2.24) is 10.2 Å². The molecule has 0 saturated carbocycles. The molecule has 0 bridgehead atoms. The number of carbonyl (C=O) groups excluding carboxylic acids is 1. The summed E-state index contributed by atoms with van der Waals surface area (Å²) in [5.74, 6) is 0.0397. The van der Waals surface area contributed by atoms with Crippen molar-refractivity contribution in [3.63, 3.8) is 0 Å². The Kier molecular flexibility index (Phi) is 5.75. The Hall–Kier alpha value is -0.770. The number of carbonyl (C=O) groups is 1. The quantitative estimate of drug-likeness (QED) is 0.895. The molecular formula is C12H16Cl2N2O. The van der Waals surface area contributed by atoms with Crippen LogP contribution in [0.25, 0.3) is 0 Å². The van der Waals surface area contributed by atoms with Crippen LogP contribution in [0.15, 0.2) is 18.2 Å². The maximum Gasteiger partial charge on any atom is 0.236 e. The molecule has 3 nitrogen and oxygen atoms in total. The second-order valence-corrected chi connectivity index (χ2v) is 4.61. The molecule has 0 spiro atoms. The van der Waals surface area contributed by atoms with E-state index in [-0.39, 0.29) is 5.91 Å². The van der Waals surface area contributed by atoms with Gasteiger partial charge in [0.1, 0.15) is 0 Å². The molecule has 1 N–H and O–H groups in total. The van der Waals surface area contributed by atoms with E-state index in [0.717, 1.165) is 12.1 Å². The minimum atomic E-state index is 0.0397. The average molecular weight is 275 g/mol. The number of benzene rings is 1. The van der Waals surface area contributed by atoms with E-state index in [2.05, 4.69) is 5.32 Å². The first-order valence-corrected chi connectivity index (χ1v) is 6.18. The number of rotatable bonds is 5. The predicted octanol–water partition coefficient (Wildman–Crippen LogP) is 2.56. The van der Waals surface area contributed by atoms with Crippen LogP contribution in [0.1, 0.15) is 12.5 Å². The summed E-state index contributed by atoms with van der Waals surface area (Å²) in [6, 6.07) is 5.29. The van der Waals surface area contributed by atoms with E-state index in [4.69, 9.17) is 23.2 Å². The molecule has 1 amide bonds. The van der Waals surface area contributed by atoms with Crippen LogP contribution in [0.2, 0.25) is 10.0 Å². The van der Waals surface area contributed by atoms with Crippen LogP contribution < -0.4 is 5.32 Å². The van der Waals surface area contributed by atoms with E-state index in [1.807, 2.05) is 13.0 Å². The molecule has 0 aromatic heterocycles. The molecule has 0 atom stereocenters. The molecule has 5 heteroatoms. The number of nitrogens with zero attached hydrogens (tertiary/aromatic N) is 1. The second-order valence-electron chi connectivity index (χ2n) is 3.77. The van der Waals surface area contributed by atoms with Crippen LogP contribution in [-0.2, 0) is 11.3 Å². The van der Waals surface area contributed by atoms with Crippen molar-refractivity contribution in [2.75, 3.05) is 20.1 Å². The summed E-state index contributed by atoms with van der Waals surface area (Å²) in [4.78, 5) is 13.3. The third-order valence-corrected chi connectivity index (χ3v) is 2.96. The number of halogens is 2. The largest absolute Gasteiger partial charge is 0.340 e. The fraction of sp³-hybridized carbons (Fsp3) is 0.417. The predicted molar refractivity (Wildman–Crippen MR) is 71.5 cm³/mol. The lowest BCUT2D eigenvalue weighted by atomic mass is 10.2. The van der Waals surface area contributed by atoms with Crippen LogP contribution >= 0.6 is 23.2 Å². The third-order valence-electron chi connectivity index (χ3n) is 2.37. The molecule has 0 heterocycles. The molecule has 94 valence electrons. The highest BCUT2D eigenvalue weighted by Gasteiger charge is 2.10. The third kappa shape index (κ3) is 4.54. The van der Waals surface area contributed by atoms with E-state index < -0.39 is 0 Å². The lowest BCUT2D eigenvalue weighted by Crippen LogP contribution is -2.35. The lowest BCUT2D eigenvalue weighted by Gasteiger charge is -2.18. The van der Waals surface area contributed by atoms with Crippen LogP contribution in [0.5, 0.6) is 0 Å². The van der Waals surface area contributed by atoms with E-state index in [9.17, 15) is 4.79 Å². The van der Waals surface area contributed by atoms with Crippen LogP contribution in [0.4, 0.5) is 0 Å². The zero-order valence-corrected chi connectivity index (χ0v) is 11.5. The molecule has 0 radical (unpaired) electrons. The van der Waals surface area contributed by atoms with Crippen molar-refractivity contribution in [3.05, 3.63) is 33.8 Å². The van der Waals surface area contributed by atoms with Gasteiger partial charge in [0, 0.05) is 23.6 Å². The molecule has 0 fully saturated rings. The highest BCUT2D eigenvalue weighted by atomic mass is 35.5. The van der Waals surface area contributed by atoms with Gasteiger partial charge in [-0.05, 0) is 24.2 Å². The van der Waals surface area contributed by atoms with Gasteiger partial charge in [0.05, 0.1) is 6.54 Å². The SMILES string of the molecule is CCNCC(=O)N(C)Cc1ccc(Cl)cc1Cl.